The summed E-state index contributed by atoms with van der Waals surface area (Å²) in [6.07, 6.45) is 3.57. The first-order chi connectivity index (χ1) is 23.1. The van der Waals surface area contributed by atoms with Crippen LogP contribution in [0.5, 0.6) is 28.7 Å². The van der Waals surface area contributed by atoms with E-state index in [2.05, 4.69) is 0 Å². The molecule has 2 aliphatic rings. The number of esters is 1. The van der Waals surface area contributed by atoms with Crippen molar-refractivity contribution in [1.29, 1.82) is 0 Å². The van der Waals surface area contributed by atoms with E-state index in [4.69, 9.17) is 29.4 Å². The number of methoxy groups -OCH3 is 4. The van der Waals surface area contributed by atoms with Crippen molar-refractivity contribution in [1.82, 2.24) is 9.80 Å². The average Bonchev–Trinajstić information content (AvgIpc) is 3.34. The third kappa shape index (κ3) is 6.52. The molecule has 0 radical (unpaired) electrons. The van der Waals surface area contributed by atoms with Gasteiger partial charge in [0.05, 0.1) is 39.6 Å². The largest absolute Gasteiger partial charge is 0.493 e. The van der Waals surface area contributed by atoms with E-state index in [1.807, 2.05) is 12.2 Å². The van der Waals surface area contributed by atoms with Crippen LogP contribution < -0.4 is 29.4 Å². The lowest BCUT2D eigenvalue weighted by molar-refractivity contribution is -0.152. The fraction of sp³-hybridized carbons (Fsp3) is 0.286. The summed E-state index contributed by atoms with van der Waals surface area (Å²) in [5.74, 6) is -1.05. The second-order valence-electron chi connectivity index (χ2n) is 11.0. The third-order valence-corrected chi connectivity index (χ3v) is 8.10. The number of hydrogen-bond acceptors (Lipinski definition) is 11. The van der Waals surface area contributed by atoms with E-state index >= 15 is 0 Å². The Balaban J connectivity index is 1.22. The molecule has 0 aliphatic carbocycles. The minimum atomic E-state index is -1.15. The van der Waals surface area contributed by atoms with Gasteiger partial charge in [0.2, 0.25) is 11.7 Å². The Morgan fingerprint density at radius 1 is 0.833 bits per heavy atom. The van der Waals surface area contributed by atoms with Gasteiger partial charge in [0, 0.05) is 25.1 Å². The first kappa shape index (κ1) is 33.5. The van der Waals surface area contributed by atoms with Crippen LogP contribution in [0.1, 0.15) is 57.5 Å². The van der Waals surface area contributed by atoms with Crippen LogP contribution in [0.15, 0.2) is 48.5 Å². The number of carbonyl (C=O) groups excluding carboxylic acids is 5. The van der Waals surface area contributed by atoms with Crippen LogP contribution in [0.2, 0.25) is 0 Å². The first-order valence-corrected chi connectivity index (χ1v) is 15.1. The van der Waals surface area contributed by atoms with Gasteiger partial charge in [0.15, 0.2) is 23.0 Å². The molecule has 13 nitrogen and oxygen atoms in total. The standard InChI is InChI=1S/C35H35N3O10/c1-44-25-14-12-20(10-11-21-18-27(45-2)32(47-4)28(19-21)46-3)17-26(25)48-30(40)9-6-16-37-29(39)15-13-24(34(37)42)38-33(41)22-7-5-8-23(36)31(22)35(38)43/h5,7-8,10-12,14,17-19,24H,6,9,13,15-16,36H2,1-4H3/b11-10-. The Hall–Kier alpha value is -5.85. The zero-order valence-corrected chi connectivity index (χ0v) is 26.9. The van der Waals surface area contributed by atoms with Crippen LogP contribution in [-0.4, -0.2) is 80.4 Å². The number of fused-ring (bicyclic) bond motifs is 1. The zero-order valence-electron chi connectivity index (χ0n) is 26.9. The molecular formula is C35H35N3O10. The molecule has 5 rings (SSSR count). The third-order valence-electron chi connectivity index (χ3n) is 8.10. The van der Waals surface area contributed by atoms with E-state index in [0.29, 0.717) is 28.6 Å². The number of nitrogens with zero attached hydrogens (tertiary/aromatic N) is 2. The molecule has 48 heavy (non-hydrogen) atoms. The summed E-state index contributed by atoms with van der Waals surface area (Å²) in [7, 11) is 6.03. The number of piperidine rings is 1. The SMILES string of the molecule is COc1ccc(/C=C\c2cc(OC)c(OC)c(OC)c2)cc1OC(=O)CCCN1C(=O)CCC(N2C(=O)c3cccc(N)c3C2=O)C1=O. The van der Waals surface area contributed by atoms with Gasteiger partial charge in [0.1, 0.15) is 6.04 Å². The molecule has 1 unspecified atom stereocenters. The Morgan fingerprint density at radius 2 is 1.50 bits per heavy atom. The molecule has 3 aromatic rings. The van der Waals surface area contributed by atoms with E-state index in [-0.39, 0.29) is 54.8 Å². The predicted octanol–water partition coefficient (Wildman–Crippen LogP) is 3.97. The molecule has 13 heteroatoms. The number of likely N-dealkylation sites (tertiary alicyclic amines) is 1. The quantitative estimate of drug-likeness (QED) is 0.0985. The Labute approximate surface area is 276 Å². The van der Waals surface area contributed by atoms with E-state index in [0.717, 1.165) is 15.4 Å². The number of anilines is 1. The van der Waals surface area contributed by atoms with Gasteiger partial charge in [-0.15, -0.1) is 0 Å². The van der Waals surface area contributed by atoms with Crippen LogP contribution >= 0.6 is 0 Å². The number of benzene rings is 3. The minimum Gasteiger partial charge on any atom is -0.493 e. The fourth-order valence-electron chi connectivity index (χ4n) is 5.73. The van der Waals surface area contributed by atoms with Gasteiger partial charge in [-0.05, 0) is 60.4 Å². The Morgan fingerprint density at radius 3 is 2.15 bits per heavy atom. The minimum absolute atomic E-state index is 0.00567. The summed E-state index contributed by atoms with van der Waals surface area (Å²) < 4.78 is 27.2. The van der Waals surface area contributed by atoms with E-state index < -0.39 is 35.6 Å². The normalized spacial score (nSPS) is 16.0. The molecule has 0 aromatic heterocycles. The van der Waals surface area contributed by atoms with E-state index in [9.17, 15) is 24.0 Å². The van der Waals surface area contributed by atoms with Crippen LogP contribution in [0, 0.1) is 0 Å². The summed E-state index contributed by atoms with van der Waals surface area (Å²) in [6.45, 7) is -0.0940. The molecule has 2 N–H and O–H groups in total. The highest BCUT2D eigenvalue weighted by Crippen LogP contribution is 2.39. The monoisotopic (exact) mass is 657 g/mol. The van der Waals surface area contributed by atoms with Crippen molar-refractivity contribution in [2.24, 2.45) is 0 Å². The summed E-state index contributed by atoms with van der Waals surface area (Å²) in [5, 5.41) is 0. The van der Waals surface area contributed by atoms with Gasteiger partial charge in [0.25, 0.3) is 17.7 Å². The van der Waals surface area contributed by atoms with Crippen molar-refractivity contribution in [3.8, 4) is 28.7 Å². The molecule has 0 bridgehead atoms. The number of carbonyl (C=O) groups is 5. The average molecular weight is 658 g/mol. The maximum absolute atomic E-state index is 13.4. The summed E-state index contributed by atoms with van der Waals surface area (Å²) in [6, 6.07) is 12.1. The van der Waals surface area contributed by atoms with Crippen molar-refractivity contribution >= 4 is 47.4 Å². The van der Waals surface area contributed by atoms with Crippen molar-refractivity contribution in [2.75, 3.05) is 40.7 Å². The summed E-state index contributed by atoms with van der Waals surface area (Å²) in [4.78, 5) is 66.9. The molecule has 1 saturated heterocycles. The highest BCUT2D eigenvalue weighted by atomic mass is 16.6. The smallest absolute Gasteiger partial charge is 0.311 e. The number of imide groups is 2. The van der Waals surface area contributed by atoms with Gasteiger partial charge in [-0.25, -0.2) is 0 Å². The van der Waals surface area contributed by atoms with E-state index in [1.54, 1.807) is 36.4 Å². The first-order valence-electron chi connectivity index (χ1n) is 15.1. The van der Waals surface area contributed by atoms with Gasteiger partial charge >= 0.3 is 5.97 Å². The lowest BCUT2D eigenvalue weighted by atomic mass is 10.0. The number of nitrogens with two attached hydrogens (primary N) is 1. The van der Waals surface area contributed by atoms with Gasteiger partial charge in [-0.3, -0.25) is 33.8 Å². The van der Waals surface area contributed by atoms with Crippen molar-refractivity contribution in [3.63, 3.8) is 0 Å². The molecule has 2 aliphatic heterocycles. The topological polar surface area (TPSA) is 164 Å². The molecule has 250 valence electrons. The fourth-order valence-corrected chi connectivity index (χ4v) is 5.73. The summed E-state index contributed by atoms with van der Waals surface area (Å²) >= 11 is 0. The number of hydrogen-bond donors (Lipinski definition) is 1. The molecule has 1 fully saturated rings. The van der Waals surface area contributed by atoms with Gasteiger partial charge in [-0.1, -0.05) is 24.3 Å². The van der Waals surface area contributed by atoms with Crippen LogP contribution in [-0.2, 0) is 14.4 Å². The number of nitrogen functional groups attached to an aromatic ring is 1. The van der Waals surface area contributed by atoms with Gasteiger partial charge < -0.3 is 29.4 Å². The van der Waals surface area contributed by atoms with Crippen molar-refractivity contribution < 1.29 is 47.7 Å². The predicted molar refractivity (Wildman–Crippen MR) is 174 cm³/mol. The molecule has 0 saturated carbocycles. The highest BCUT2D eigenvalue weighted by molar-refractivity contribution is 6.25. The molecule has 3 aromatic carbocycles. The number of ether oxygens (including phenoxy) is 5. The van der Waals surface area contributed by atoms with Crippen molar-refractivity contribution in [2.45, 2.75) is 31.7 Å². The maximum Gasteiger partial charge on any atom is 0.311 e. The number of rotatable bonds is 12. The molecular weight excluding hydrogens is 622 g/mol. The highest BCUT2D eigenvalue weighted by Gasteiger charge is 2.47. The van der Waals surface area contributed by atoms with Gasteiger partial charge in [-0.2, -0.15) is 0 Å². The van der Waals surface area contributed by atoms with Crippen molar-refractivity contribution in [3.05, 3.63) is 70.8 Å². The van der Waals surface area contributed by atoms with Crippen LogP contribution in [0.25, 0.3) is 12.2 Å². The zero-order chi connectivity index (χ0) is 34.5. The van der Waals surface area contributed by atoms with E-state index in [1.165, 1.54) is 40.6 Å². The second kappa shape index (κ2) is 14.3. The second-order valence-corrected chi connectivity index (χ2v) is 11.0. The lowest BCUT2D eigenvalue weighted by Crippen LogP contribution is -2.56. The number of amides is 4. The molecule has 2 heterocycles. The Kier molecular flexibility index (Phi) is 9.97. The lowest BCUT2D eigenvalue weighted by Gasteiger charge is -2.34. The van der Waals surface area contributed by atoms with Crippen LogP contribution in [0.3, 0.4) is 0 Å². The summed E-state index contributed by atoms with van der Waals surface area (Å²) in [5.41, 5.74) is 7.72. The molecule has 1 atom stereocenters. The van der Waals surface area contributed by atoms with Crippen LogP contribution in [0.4, 0.5) is 5.69 Å². The molecule has 4 amide bonds. The Bertz CT molecular complexity index is 1790. The maximum atomic E-state index is 13.4. The molecule has 0 spiro atoms.